The summed E-state index contributed by atoms with van der Waals surface area (Å²) in [4.78, 5) is 20.8. The third kappa shape index (κ3) is 3.80. The van der Waals surface area contributed by atoms with Gasteiger partial charge in [-0.05, 0) is 36.8 Å². The lowest BCUT2D eigenvalue weighted by Crippen LogP contribution is -2.22. The molecule has 0 fully saturated rings. The van der Waals surface area contributed by atoms with E-state index in [1.807, 2.05) is 78.4 Å². The Hall–Kier alpha value is -3.01. The van der Waals surface area contributed by atoms with Crippen LogP contribution >= 0.6 is 0 Å². The molecule has 1 amide bonds. The number of carbonyl (C=O) groups excluding carboxylic acids is 1. The van der Waals surface area contributed by atoms with Gasteiger partial charge < -0.3 is 4.57 Å². The predicted octanol–water partition coefficient (Wildman–Crippen LogP) is 2.98. The molecule has 0 aliphatic heterocycles. The van der Waals surface area contributed by atoms with Crippen molar-refractivity contribution in [2.24, 2.45) is 4.99 Å². The molecule has 0 aliphatic carbocycles. The molecule has 23 heavy (non-hydrogen) atoms. The summed E-state index contributed by atoms with van der Waals surface area (Å²) in [7, 11) is 0. The van der Waals surface area contributed by atoms with Gasteiger partial charge in [0.2, 0.25) is 0 Å². The van der Waals surface area contributed by atoms with Crippen molar-refractivity contribution in [3.05, 3.63) is 95.4 Å². The molecule has 0 radical (unpaired) electrons. The molecule has 4 heteroatoms. The quantitative estimate of drug-likeness (QED) is 0.747. The van der Waals surface area contributed by atoms with Crippen molar-refractivity contribution in [1.29, 1.82) is 0 Å². The van der Waals surface area contributed by atoms with Gasteiger partial charge in [0.15, 0.2) is 0 Å². The van der Waals surface area contributed by atoms with Crippen LogP contribution in [0.15, 0.2) is 77.9 Å². The van der Waals surface area contributed by atoms with E-state index in [2.05, 4.69) is 9.98 Å². The number of amides is 1. The van der Waals surface area contributed by atoms with E-state index in [1.165, 1.54) is 0 Å². The van der Waals surface area contributed by atoms with Gasteiger partial charge in [0.25, 0.3) is 5.91 Å². The predicted molar refractivity (Wildman–Crippen MR) is 88.8 cm³/mol. The van der Waals surface area contributed by atoms with Gasteiger partial charge in [0.05, 0.1) is 0 Å². The number of nitrogens with zero attached hydrogens (tertiary/aromatic N) is 3. The zero-order valence-corrected chi connectivity index (χ0v) is 12.9. The molecule has 0 saturated heterocycles. The molecule has 0 N–H and O–H groups in total. The van der Waals surface area contributed by atoms with E-state index in [0.717, 1.165) is 11.3 Å². The molecule has 0 aliphatic rings. The largest absolute Gasteiger partial charge is 0.328 e. The van der Waals surface area contributed by atoms with E-state index < -0.39 is 0 Å². The highest BCUT2D eigenvalue weighted by atomic mass is 16.1. The number of hydrogen-bond acceptors (Lipinski definition) is 2. The van der Waals surface area contributed by atoms with Crippen LogP contribution in [0.3, 0.4) is 0 Å². The first-order valence-electron chi connectivity index (χ1n) is 7.44. The van der Waals surface area contributed by atoms with Crippen molar-refractivity contribution in [2.45, 2.75) is 13.5 Å². The van der Waals surface area contributed by atoms with Gasteiger partial charge >= 0.3 is 0 Å². The molecule has 3 aromatic rings. The molecular weight excluding hydrogens is 286 g/mol. The van der Waals surface area contributed by atoms with Crippen molar-refractivity contribution in [1.82, 2.24) is 9.55 Å². The highest BCUT2D eigenvalue weighted by Crippen LogP contribution is 2.02. The van der Waals surface area contributed by atoms with Gasteiger partial charge in [-0.2, -0.15) is 4.99 Å². The fourth-order valence-corrected chi connectivity index (χ4v) is 2.31. The van der Waals surface area contributed by atoms with Crippen molar-refractivity contribution in [3.63, 3.8) is 0 Å². The highest BCUT2D eigenvalue weighted by Gasteiger charge is 2.06. The third-order valence-electron chi connectivity index (χ3n) is 3.44. The summed E-state index contributed by atoms with van der Waals surface area (Å²) in [6, 6.07) is 21.1. The molecule has 0 saturated carbocycles. The highest BCUT2D eigenvalue weighted by molar-refractivity contribution is 5.92. The Balaban J connectivity index is 1.95. The van der Waals surface area contributed by atoms with E-state index in [1.54, 1.807) is 6.07 Å². The fourth-order valence-electron chi connectivity index (χ4n) is 2.31. The van der Waals surface area contributed by atoms with Crippen molar-refractivity contribution < 1.29 is 4.79 Å². The molecule has 0 atom stereocenters. The normalized spacial score (nSPS) is 11.4. The average Bonchev–Trinajstić information content (AvgIpc) is 2.57. The molecule has 2 heterocycles. The summed E-state index contributed by atoms with van der Waals surface area (Å²) in [6.07, 6.45) is 1.92. The number of aromatic nitrogens is 2. The number of pyridine rings is 2. The van der Waals surface area contributed by atoms with Crippen LogP contribution in [0.2, 0.25) is 0 Å². The Morgan fingerprint density at radius 2 is 1.78 bits per heavy atom. The van der Waals surface area contributed by atoms with Crippen LogP contribution < -0.4 is 5.49 Å². The summed E-state index contributed by atoms with van der Waals surface area (Å²) >= 11 is 0. The fraction of sp³-hybridized carbons (Fsp3) is 0.105. The molecule has 3 rings (SSSR count). The summed E-state index contributed by atoms with van der Waals surface area (Å²) in [5.74, 6) is -0.332. The van der Waals surface area contributed by atoms with Crippen LogP contribution in [-0.4, -0.2) is 15.5 Å². The minimum atomic E-state index is -0.332. The summed E-state index contributed by atoms with van der Waals surface area (Å²) in [5, 5.41) is 0. The lowest BCUT2D eigenvalue weighted by atomic mass is 10.2. The topological polar surface area (TPSA) is 47.2 Å². The monoisotopic (exact) mass is 303 g/mol. The van der Waals surface area contributed by atoms with Crippen LogP contribution in [0.5, 0.6) is 0 Å². The molecule has 0 spiro atoms. The van der Waals surface area contributed by atoms with Crippen molar-refractivity contribution >= 4 is 5.91 Å². The van der Waals surface area contributed by atoms with E-state index in [0.29, 0.717) is 17.7 Å². The number of hydrogen-bond donors (Lipinski definition) is 0. The SMILES string of the molecule is Cc1cccc(C(=O)N=c2ccccn2Cc2ccccc2)n1. The van der Waals surface area contributed by atoms with Gasteiger partial charge in [-0.1, -0.05) is 42.5 Å². The zero-order valence-electron chi connectivity index (χ0n) is 12.9. The smallest absolute Gasteiger partial charge is 0.297 e. The van der Waals surface area contributed by atoms with E-state index in [9.17, 15) is 4.79 Å². The maximum absolute atomic E-state index is 12.3. The molecule has 2 aromatic heterocycles. The van der Waals surface area contributed by atoms with E-state index >= 15 is 0 Å². The maximum Gasteiger partial charge on any atom is 0.297 e. The van der Waals surface area contributed by atoms with E-state index in [4.69, 9.17) is 0 Å². The van der Waals surface area contributed by atoms with Crippen LogP contribution in [0.1, 0.15) is 21.7 Å². The second kappa shape index (κ2) is 6.83. The van der Waals surface area contributed by atoms with Gasteiger partial charge in [-0.25, -0.2) is 4.98 Å². The number of aryl methyl sites for hydroxylation is 1. The van der Waals surface area contributed by atoms with Crippen molar-refractivity contribution in [3.8, 4) is 0 Å². The zero-order chi connectivity index (χ0) is 16.1. The van der Waals surface area contributed by atoms with Gasteiger partial charge in [0, 0.05) is 18.4 Å². The molecular formula is C19H17N3O. The third-order valence-corrected chi connectivity index (χ3v) is 3.44. The van der Waals surface area contributed by atoms with Crippen molar-refractivity contribution in [2.75, 3.05) is 0 Å². The first-order valence-corrected chi connectivity index (χ1v) is 7.44. The van der Waals surface area contributed by atoms with Gasteiger partial charge in [-0.15, -0.1) is 0 Å². The maximum atomic E-state index is 12.3. The molecule has 1 aromatic carbocycles. The lowest BCUT2D eigenvalue weighted by Gasteiger charge is -2.07. The number of benzene rings is 1. The Morgan fingerprint density at radius 1 is 1.00 bits per heavy atom. The average molecular weight is 303 g/mol. The molecule has 4 nitrogen and oxygen atoms in total. The Labute approximate surface area is 134 Å². The summed E-state index contributed by atoms with van der Waals surface area (Å²) < 4.78 is 1.95. The molecule has 0 unspecified atom stereocenters. The van der Waals surface area contributed by atoms with E-state index in [-0.39, 0.29) is 5.91 Å². The molecule has 0 bridgehead atoms. The first-order chi connectivity index (χ1) is 11.2. The van der Waals surface area contributed by atoms with Crippen LogP contribution in [0.25, 0.3) is 0 Å². The van der Waals surface area contributed by atoms with Crippen LogP contribution in [0, 0.1) is 6.92 Å². The van der Waals surface area contributed by atoms with Crippen LogP contribution in [0.4, 0.5) is 0 Å². The second-order valence-electron chi connectivity index (χ2n) is 5.25. The van der Waals surface area contributed by atoms with Gasteiger partial charge in [0.1, 0.15) is 11.2 Å². The molecule has 114 valence electrons. The standard InChI is InChI=1S/C19H17N3O/c1-15-8-7-11-17(20-15)19(23)21-18-12-5-6-13-22(18)14-16-9-3-2-4-10-16/h2-13H,14H2,1H3. The van der Waals surface area contributed by atoms with Crippen LogP contribution in [-0.2, 0) is 6.54 Å². The Morgan fingerprint density at radius 3 is 2.57 bits per heavy atom. The Bertz CT molecular complexity index is 882. The minimum absolute atomic E-state index is 0.332. The lowest BCUT2D eigenvalue weighted by molar-refractivity contribution is 0.0992. The number of carbonyl (C=O) groups is 1. The first kappa shape index (κ1) is 14.9. The Kier molecular flexibility index (Phi) is 4.43. The van der Waals surface area contributed by atoms with Gasteiger partial charge in [-0.3, -0.25) is 4.79 Å². The summed E-state index contributed by atoms with van der Waals surface area (Å²) in [6.45, 7) is 2.52. The second-order valence-corrected chi connectivity index (χ2v) is 5.25. The minimum Gasteiger partial charge on any atom is -0.328 e. The summed E-state index contributed by atoms with van der Waals surface area (Å²) in [5.41, 5.74) is 2.93. The number of rotatable bonds is 3.